The Hall–Kier alpha value is -2.26. The predicted molar refractivity (Wildman–Crippen MR) is 112 cm³/mol. The summed E-state index contributed by atoms with van der Waals surface area (Å²) in [5.41, 5.74) is 1.42. The van der Waals surface area contributed by atoms with Crippen LogP contribution >= 0.6 is 34.3 Å². The molecule has 6 nitrogen and oxygen atoms in total. The summed E-state index contributed by atoms with van der Waals surface area (Å²) >= 11 is 8.77. The highest BCUT2D eigenvalue weighted by molar-refractivity contribution is 7.23. The maximum atomic E-state index is 12.6. The molecule has 0 aliphatic carbocycles. The minimum atomic E-state index is -0.318. The first-order valence-electron chi connectivity index (χ1n) is 8.60. The number of nitrogens with zero attached hydrogens (tertiary/aromatic N) is 2. The van der Waals surface area contributed by atoms with Crippen LogP contribution in [0.1, 0.15) is 20.8 Å². The third-order valence-corrected chi connectivity index (χ3v) is 6.43. The van der Waals surface area contributed by atoms with Crippen molar-refractivity contribution in [2.75, 3.05) is 31.6 Å². The molecule has 3 aromatic rings. The molecule has 2 amide bonds. The lowest BCUT2D eigenvalue weighted by Crippen LogP contribution is -2.40. The van der Waals surface area contributed by atoms with Crippen LogP contribution in [0.25, 0.3) is 9.88 Å². The Morgan fingerprint density at radius 3 is 2.75 bits per heavy atom. The predicted octanol–water partition coefficient (Wildman–Crippen LogP) is 4.25. The molecule has 0 atom stereocenters. The molecule has 0 unspecified atom stereocenters. The molecule has 0 radical (unpaired) electrons. The monoisotopic (exact) mass is 433 g/mol. The van der Waals surface area contributed by atoms with Crippen LogP contribution in [0, 0.1) is 0 Å². The first kappa shape index (κ1) is 19.1. The van der Waals surface area contributed by atoms with Gasteiger partial charge in [0, 0.05) is 29.7 Å². The minimum absolute atomic E-state index is 0.0649. The SMILES string of the molecule is O=C(Nc1cccc(C(=O)N2CCOCC2)c1)c1csc(-c2ccc(Cl)s2)n1. The lowest BCUT2D eigenvalue weighted by molar-refractivity contribution is 0.0303. The summed E-state index contributed by atoms with van der Waals surface area (Å²) in [5, 5.41) is 5.27. The fourth-order valence-corrected chi connectivity index (χ4v) is 4.71. The second-order valence-corrected chi connectivity index (χ2v) is 8.65. The average molecular weight is 434 g/mol. The van der Waals surface area contributed by atoms with E-state index in [0.29, 0.717) is 47.6 Å². The number of thiophene rings is 1. The van der Waals surface area contributed by atoms with Crippen molar-refractivity contribution in [1.29, 1.82) is 0 Å². The highest BCUT2D eigenvalue weighted by Gasteiger charge is 2.19. The molecule has 4 rings (SSSR count). The highest BCUT2D eigenvalue weighted by Crippen LogP contribution is 2.33. The number of amides is 2. The summed E-state index contributed by atoms with van der Waals surface area (Å²) in [5.74, 6) is -0.383. The molecule has 1 fully saturated rings. The molecule has 0 spiro atoms. The molecule has 28 heavy (non-hydrogen) atoms. The molecule has 1 N–H and O–H groups in total. The summed E-state index contributed by atoms with van der Waals surface area (Å²) in [7, 11) is 0. The van der Waals surface area contributed by atoms with Gasteiger partial charge < -0.3 is 15.0 Å². The maximum Gasteiger partial charge on any atom is 0.275 e. The summed E-state index contributed by atoms with van der Waals surface area (Å²) in [6.45, 7) is 2.24. The number of carbonyl (C=O) groups is 2. The molecule has 1 saturated heterocycles. The Bertz CT molecular complexity index is 1010. The average Bonchev–Trinajstić information content (AvgIpc) is 3.37. The van der Waals surface area contributed by atoms with Gasteiger partial charge in [-0.25, -0.2) is 4.98 Å². The fraction of sp³-hybridized carbons (Fsp3) is 0.211. The number of rotatable bonds is 4. The van der Waals surface area contributed by atoms with E-state index in [9.17, 15) is 9.59 Å². The number of aromatic nitrogens is 1. The molecular weight excluding hydrogens is 418 g/mol. The maximum absolute atomic E-state index is 12.6. The van der Waals surface area contributed by atoms with Crippen molar-refractivity contribution in [1.82, 2.24) is 9.88 Å². The summed E-state index contributed by atoms with van der Waals surface area (Å²) in [6.07, 6.45) is 0. The molecule has 1 aromatic carbocycles. The smallest absolute Gasteiger partial charge is 0.275 e. The van der Waals surface area contributed by atoms with E-state index < -0.39 is 0 Å². The number of benzene rings is 1. The van der Waals surface area contributed by atoms with Gasteiger partial charge in [-0.3, -0.25) is 9.59 Å². The standard InChI is InChI=1S/C19H16ClN3O3S2/c20-16-5-4-15(28-16)18-22-14(11-27-18)17(24)21-13-3-1-2-12(10-13)19(25)23-6-8-26-9-7-23/h1-5,10-11H,6-9H2,(H,21,24). The zero-order chi connectivity index (χ0) is 19.5. The van der Waals surface area contributed by atoms with Crippen LogP contribution in [0.4, 0.5) is 5.69 Å². The van der Waals surface area contributed by atoms with Gasteiger partial charge in [0.25, 0.3) is 11.8 Å². The normalized spacial score (nSPS) is 14.1. The molecular formula is C19H16ClN3O3S2. The van der Waals surface area contributed by atoms with E-state index in [1.807, 2.05) is 6.07 Å². The van der Waals surface area contributed by atoms with E-state index in [2.05, 4.69) is 10.3 Å². The highest BCUT2D eigenvalue weighted by atomic mass is 35.5. The van der Waals surface area contributed by atoms with Gasteiger partial charge in [-0.05, 0) is 30.3 Å². The van der Waals surface area contributed by atoms with Gasteiger partial charge in [0.2, 0.25) is 0 Å². The van der Waals surface area contributed by atoms with E-state index >= 15 is 0 Å². The van der Waals surface area contributed by atoms with Crippen molar-refractivity contribution in [3.63, 3.8) is 0 Å². The zero-order valence-electron chi connectivity index (χ0n) is 14.7. The molecule has 144 valence electrons. The Morgan fingerprint density at radius 2 is 2.00 bits per heavy atom. The third kappa shape index (κ3) is 4.25. The number of carbonyl (C=O) groups excluding carboxylic acids is 2. The summed E-state index contributed by atoms with van der Waals surface area (Å²) < 4.78 is 5.96. The molecule has 0 bridgehead atoms. The van der Waals surface area contributed by atoms with Crippen LogP contribution in [-0.4, -0.2) is 48.0 Å². The van der Waals surface area contributed by atoms with Gasteiger partial charge in [-0.2, -0.15) is 0 Å². The summed E-state index contributed by atoms with van der Waals surface area (Å²) in [6, 6.07) is 10.6. The molecule has 9 heteroatoms. The van der Waals surface area contributed by atoms with E-state index in [0.717, 1.165) is 9.88 Å². The van der Waals surface area contributed by atoms with Crippen molar-refractivity contribution >= 4 is 51.8 Å². The quantitative estimate of drug-likeness (QED) is 0.667. The fourth-order valence-electron chi connectivity index (χ4n) is 2.79. The lowest BCUT2D eigenvalue weighted by atomic mass is 10.1. The van der Waals surface area contributed by atoms with Crippen molar-refractivity contribution in [3.05, 3.63) is 57.4 Å². The van der Waals surface area contributed by atoms with Gasteiger partial charge >= 0.3 is 0 Å². The second kappa shape index (κ2) is 8.40. The van der Waals surface area contributed by atoms with Crippen LogP contribution < -0.4 is 5.32 Å². The van der Waals surface area contributed by atoms with Gasteiger partial charge in [0.05, 0.1) is 22.4 Å². The lowest BCUT2D eigenvalue weighted by Gasteiger charge is -2.27. The molecule has 1 aliphatic heterocycles. The van der Waals surface area contributed by atoms with Crippen molar-refractivity contribution in [2.45, 2.75) is 0 Å². The van der Waals surface area contributed by atoms with E-state index in [-0.39, 0.29) is 11.8 Å². The van der Waals surface area contributed by atoms with Crippen LogP contribution in [0.2, 0.25) is 4.34 Å². The van der Waals surface area contributed by atoms with E-state index in [1.165, 1.54) is 22.7 Å². The number of thiazole rings is 1. The second-order valence-electron chi connectivity index (χ2n) is 6.08. The van der Waals surface area contributed by atoms with Gasteiger partial charge in [-0.15, -0.1) is 22.7 Å². The van der Waals surface area contributed by atoms with Gasteiger partial charge in [-0.1, -0.05) is 17.7 Å². The van der Waals surface area contributed by atoms with Crippen LogP contribution in [0.3, 0.4) is 0 Å². The number of halogens is 1. The topological polar surface area (TPSA) is 71.5 Å². The zero-order valence-corrected chi connectivity index (χ0v) is 17.1. The number of morpholine rings is 1. The largest absolute Gasteiger partial charge is 0.378 e. The number of anilines is 1. The first-order valence-corrected chi connectivity index (χ1v) is 10.7. The number of hydrogen-bond donors (Lipinski definition) is 1. The van der Waals surface area contributed by atoms with Gasteiger partial charge in [0.1, 0.15) is 10.7 Å². The van der Waals surface area contributed by atoms with Crippen LogP contribution in [-0.2, 0) is 4.74 Å². The Morgan fingerprint density at radius 1 is 1.18 bits per heavy atom. The minimum Gasteiger partial charge on any atom is -0.378 e. The molecule has 3 heterocycles. The summed E-state index contributed by atoms with van der Waals surface area (Å²) in [4.78, 5) is 32.2. The number of hydrogen-bond acceptors (Lipinski definition) is 6. The molecule has 0 saturated carbocycles. The number of ether oxygens (including phenoxy) is 1. The molecule has 2 aromatic heterocycles. The van der Waals surface area contributed by atoms with Crippen LogP contribution in [0.5, 0.6) is 0 Å². The number of nitrogens with one attached hydrogen (secondary N) is 1. The van der Waals surface area contributed by atoms with E-state index in [1.54, 1.807) is 40.6 Å². The van der Waals surface area contributed by atoms with Crippen molar-refractivity contribution in [3.8, 4) is 9.88 Å². The molecule has 1 aliphatic rings. The van der Waals surface area contributed by atoms with E-state index in [4.69, 9.17) is 16.3 Å². The van der Waals surface area contributed by atoms with Crippen molar-refractivity contribution < 1.29 is 14.3 Å². The first-order chi connectivity index (χ1) is 13.6. The Labute approximate surface area is 174 Å². The van der Waals surface area contributed by atoms with Crippen LogP contribution in [0.15, 0.2) is 41.8 Å². The Balaban J connectivity index is 1.46. The van der Waals surface area contributed by atoms with Crippen molar-refractivity contribution in [2.24, 2.45) is 0 Å². The third-order valence-electron chi connectivity index (χ3n) is 4.19. The Kier molecular flexibility index (Phi) is 5.72. The van der Waals surface area contributed by atoms with Gasteiger partial charge in [0.15, 0.2) is 0 Å².